The highest BCUT2D eigenvalue weighted by molar-refractivity contribution is 6.28. The zero-order valence-electron chi connectivity index (χ0n) is 20.7. The summed E-state index contributed by atoms with van der Waals surface area (Å²) in [5.41, 5.74) is 9.61. The highest BCUT2D eigenvalue weighted by Crippen LogP contribution is 2.28. The Morgan fingerprint density at radius 2 is 1.31 bits per heavy atom. The van der Waals surface area contributed by atoms with Crippen molar-refractivity contribution in [2.45, 2.75) is 13.1 Å². The predicted molar refractivity (Wildman–Crippen MR) is 148 cm³/mol. The third-order valence-corrected chi connectivity index (χ3v) is 7.26. The molecule has 6 aromatic rings. The lowest BCUT2D eigenvalue weighted by Crippen LogP contribution is -2.27. The molecule has 1 aliphatic rings. The number of ketones is 2. The topological polar surface area (TPSA) is 113 Å². The molecule has 7 rings (SSSR count). The minimum atomic E-state index is -0.332. The van der Waals surface area contributed by atoms with Gasteiger partial charge in [0.2, 0.25) is 5.95 Å². The van der Waals surface area contributed by atoms with E-state index in [4.69, 9.17) is 5.73 Å². The second kappa shape index (κ2) is 8.59. The number of rotatable bonds is 4. The van der Waals surface area contributed by atoms with E-state index in [1.807, 2.05) is 18.2 Å². The van der Waals surface area contributed by atoms with E-state index < -0.39 is 0 Å². The van der Waals surface area contributed by atoms with Crippen molar-refractivity contribution < 1.29 is 9.59 Å². The van der Waals surface area contributed by atoms with Crippen molar-refractivity contribution in [2.24, 2.45) is 0 Å². The van der Waals surface area contributed by atoms with Gasteiger partial charge in [0.05, 0.1) is 12.9 Å². The Bertz CT molecular complexity index is 2050. The number of anilines is 1. The number of nitrogen functional groups attached to an aromatic ring is 1. The van der Waals surface area contributed by atoms with Gasteiger partial charge in [0, 0.05) is 28.8 Å². The van der Waals surface area contributed by atoms with Crippen LogP contribution >= 0.6 is 0 Å². The predicted octanol–water partition coefficient (Wildman–Crippen LogP) is 4.20. The summed E-state index contributed by atoms with van der Waals surface area (Å²) >= 11 is 0. The number of benzene rings is 4. The molecule has 0 amide bonds. The van der Waals surface area contributed by atoms with Crippen LogP contribution in [0.2, 0.25) is 0 Å². The molecule has 8 heteroatoms. The van der Waals surface area contributed by atoms with Crippen LogP contribution in [0.5, 0.6) is 0 Å². The van der Waals surface area contributed by atoms with Crippen LogP contribution in [0.25, 0.3) is 21.9 Å². The molecule has 0 radical (unpaired) electrons. The number of nitrogens with zero attached hydrogens (tertiary/aromatic N) is 4. The number of fused-ring (bicyclic) bond motifs is 4. The fourth-order valence-corrected chi connectivity index (χ4v) is 5.31. The molecular weight excluding hydrogens is 490 g/mol. The zero-order valence-corrected chi connectivity index (χ0v) is 20.7. The SMILES string of the molecule is Nc1nc2ncn(Cc3ccc4ccccc4c3)c2c(=O)n1Cc1ccc2c(c1)C(=O)c1ccccc1C2=O. The Morgan fingerprint density at radius 3 is 2.10 bits per heavy atom. The summed E-state index contributed by atoms with van der Waals surface area (Å²) < 4.78 is 3.14. The molecule has 0 saturated heterocycles. The summed E-state index contributed by atoms with van der Waals surface area (Å²) in [5, 5.41) is 2.25. The van der Waals surface area contributed by atoms with Gasteiger partial charge >= 0.3 is 0 Å². The highest BCUT2D eigenvalue weighted by atomic mass is 16.1. The molecule has 0 saturated carbocycles. The van der Waals surface area contributed by atoms with E-state index in [-0.39, 0.29) is 35.3 Å². The molecule has 2 heterocycles. The number of carbonyl (C=O) groups excluding carboxylic acids is 2. The van der Waals surface area contributed by atoms with Crippen molar-refractivity contribution in [1.82, 2.24) is 19.1 Å². The third kappa shape index (κ3) is 3.65. The first kappa shape index (κ1) is 22.8. The van der Waals surface area contributed by atoms with Gasteiger partial charge in [0.1, 0.15) is 0 Å². The van der Waals surface area contributed by atoms with Gasteiger partial charge in [-0.25, -0.2) is 4.98 Å². The summed E-state index contributed by atoms with van der Waals surface area (Å²) in [6.45, 7) is 0.530. The fraction of sp³-hybridized carbons (Fsp3) is 0.0645. The average molecular weight is 512 g/mol. The second-order valence-electron chi connectivity index (χ2n) is 9.67. The maximum absolute atomic E-state index is 13.7. The maximum atomic E-state index is 13.7. The van der Waals surface area contributed by atoms with Crippen LogP contribution in [0.4, 0.5) is 5.95 Å². The lowest BCUT2D eigenvalue weighted by atomic mass is 9.83. The summed E-state index contributed by atoms with van der Waals surface area (Å²) in [4.78, 5) is 48.5. The molecule has 1 aliphatic carbocycles. The summed E-state index contributed by atoms with van der Waals surface area (Å²) in [7, 11) is 0. The maximum Gasteiger partial charge on any atom is 0.281 e. The summed E-state index contributed by atoms with van der Waals surface area (Å²) in [5.74, 6) is -0.387. The quantitative estimate of drug-likeness (QED) is 0.379. The van der Waals surface area contributed by atoms with Crippen molar-refractivity contribution >= 4 is 39.5 Å². The van der Waals surface area contributed by atoms with Gasteiger partial charge < -0.3 is 10.3 Å². The van der Waals surface area contributed by atoms with Crippen molar-refractivity contribution in [3.8, 4) is 0 Å². The monoisotopic (exact) mass is 511 g/mol. The smallest absolute Gasteiger partial charge is 0.281 e. The number of nitrogens with two attached hydrogens (primary N) is 1. The minimum absolute atomic E-state index is 0.0222. The van der Waals surface area contributed by atoms with Gasteiger partial charge in [-0.15, -0.1) is 0 Å². The molecule has 0 spiro atoms. The van der Waals surface area contributed by atoms with E-state index in [1.54, 1.807) is 53.4 Å². The molecule has 0 unspecified atom stereocenters. The van der Waals surface area contributed by atoms with Gasteiger partial charge in [0.25, 0.3) is 5.56 Å². The van der Waals surface area contributed by atoms with E-state index >= 15 is 0 Å². The molecule has 188 valence electrons. The molecule has 4 aromatic carbocycles. The molecule has 8 nitrogen and oxygen atoms in total. The molecule has 0 atom stereocenters. The molecule has 2 N–H and O–H groups in total. The molecular formula is C31H21N5O3. The summed E-state index contributed by atoms with van der Waals surface area (Å²) in [6, 6.07) is 26.1. The number of carbonyl (C=O) groups is 2. The second-order valence-corrected chi connectivity index (χ2v) is 9.67. The number of hydrogen-bond acceptors (Lipinski definition) is 6. The van der Waals surface area contributed by atoms with Crippen LogP contribution in [0.3, 0.4) is 0 Å². The summed E-state index contributed by atoms with van der Waals surface area (Å²) in [6.07, 6.45) is 1.60. The van der Waals surface area contributed by atoms with E-state index in [2.05, 4.69) is 34.2 Å². The van der Waals surface area contributed by atoms with Crippen LogP contribution in [0.15, 0.2) is 96.1 Å². The fourth-order valence-electron chi connectivity index (χ4n) is 5.31. The Kier molecular flexibility index (Phi) is 5.02. The molecule has 0 aliphatic heterocycles. The zero-order chi connectivity index (χ0) is 26.7. The van der Waals surface area contributed by atoms with Crippen LogP contribution in [0, 0.1) is 0 Å². The lowest BCUT2D eigenvalue weighted by Gasteiger charge is -2.18. The Morgan fingerprint density at radius 1 is 0.667 bits per heavy atom. The van der Waals surface area contributed by atoms with Gasteiger partial charge in [-0.3, -0.25) is 19.0 Å². The lowest BCUT2D eigenvalue weighted by molar-refractivity contribution is 0.0979. The van der Waals surface area contributed by atoms with Gasteiger partial charge in [-0.1, -0.05) is 66.7 Å². The van der Waals surface area contributed by atoms with Crippen LogP contribution in [0.1, 0.15) is 43.0 Å². The van der Waals surface area contributed by atoms with E-state index in [1.165, 1.54) is 4.57 Å². The normalized spacial score (nSPS) is 12.6. The van der Waals surface area contributed by atoms with Gasteiger partial charge in [0.15, 0.2) is 22.7 Å². The van der Waals surface area contributed by atoms with Gasteiger partial charge in [-0.2, -0.15) is 4.98 Å². The van der Waals surface area contributed by atoms with E-state index in [9.17, 15) is 14.4 Å². The van der Waals surface area contributed by atoms with Crippen molar-refractivity contribution in [3.05, 3.63) is 135 Å². The van der Waals surface area contributed by atoms with Crippen LogP contribution < -0.4 is 11.3 Å². The molecule has 2 aromatic heterocycles. The largest absolute Gasteiger partial charge is 0.369 e. The van der Waals surface area contributed by atoms with E-state index in [0.29, 0.717) is 39.9 Å². The third-order valence-electron chi connectivity index (χ3n) is 7.26. The number of imidazole rings is 1. The van der Waals surface area contributed by atoms with Gasteiger partial charge in [-0.05, 0) is 40.1 Å². The van der Waals surface area contributed by atoms with Crippen molar-refractivity contribution in [3.63, 3.8) is 0 Å². The molecule has 39 heavy (non-hydrogen) atoms. The Hall–Kier alpha value is -5.37. The number of hydrogen-bond donors (Lipinski definition) is 1. The Labute approximate surface area is 222 Å². The van der Waals surface area contributed by atoms with Crippen molar-refractivity contribution in [2.75, 3.05) is 5.73 Å². The first-order valence-electron chi connectivity index (χ1n) is 12.5. The van der Waals surface area contributed by atoms with Crippen LogP contribution in [-0.2, 0) is 13.1 Å². The molecule has 0 fully saturated rings. The Balaban J connectivity index is 1.26. The first-order chi connectivity index (χ1) is 19.0. The molecule has 0 bridgehead atoms. The first-order valence-corrected chi connectivity index (χ1v) is 12.5. The number of aromatic nitrogens is 4. The highest BCUT2D eigenvalue weighted by Gasteiger charge is 2.29. The van der Waals surface area contributed by atoms with Crippen molar-refractivity contribution in [1.29, 1.82) is 0 Å². The standard InChI is InChI=1S/C31H21N5O3/c32-31-34-29-26(35(17-33-29)15-18-9-11-20-5-1-2-6-21(20)13-18)30(39)36(31)16-19-10-12-24-25(14-19)28(38)23-8-4-3-7-22(23)27(24)37/h1-14,17H,15-16H2,(H2,32,34). The van der Waals surface area contributed by atoms with Crippen LogP contribution in [-0.4, -0.2) is 30.7 Å². The van der Waals surface area contributed by atoms with E-state index in [0.717, 1.165) is 16.3 Å². The minimum Gasteiger partial charge on any atom is -0.369 e. The average Bonchev–Trinajstić information content (AvgIpc) is 3.36.